The molecule has 1 amide bonds. The monoisotopic (exact) mass is 409 g/mol. The number of hydrogen-bond donors (Lipinski definition) is 1. The van der Waals surface area contributed by atoms with Gasteiger partial charge in [-0.2, -0.15) is 5.10 Å². The molecule has 0 bridgehead atoms. The number of pyridine rings is 1. The van der Waals surface area contributed by atoms with E-state index in [2.05, 4.69) is 9.67 Å². The number of rotatable bonds is 3. The van der Waals surface area contributed by atoms with E-state index in [-0.39, 0.29) is 17.6 Å². The molecule has 0 unspecified atom stereocenters. The molecule has 0 radical (unpaired) electrons. The number of ether oxygens (including phenoxy) is 1. The molecule has 5 rings (SSSR count). The van der Waals surface area contributed by atoms with Crippen LogP contribution in [0.1, 0.15) is 47.6 Å². The largest absolute Gasteiger partial charge is 0.476 e. The average Bonchev–Trinajstić information content (AvgIpc) is 3.36. The van der Waals surface area contributed by atoms with Crippen molar-refractivity contribution >= 4 is 17.5 Å². The second-order valence-corrected chi connectivity index (χ2v) is 7.84. The van der Waals surface area contributed by atoms with Gasteiger partial charge in [0.25, 0.3) is 0 Å². The normalized spacial score (nSPS) is 17.3. The summed E-state index contributed by atoms with van der Waals surface area (Å²) in [6, 6.07) is 4.04. The Labute approximate surface area is 172 Å². The molecule has 5 heterocycles. The highest BCUT2D eigenvalue weighted by Crippen LogP contribution is 2.35. The number of carboxylic acids is 1. The third-order valence-corrected chi connectivity index (χ3v) is 6.02. The minimum atomic E-state index is -1.07. The van der Waals surface area contributed by atoms with E-state index in [4.69, 9.17) is 9.84 Å². The van der Waals surface area contributed by atoms with Crippen molar-refractivity contribution in [3.8, 4) is 11.3 Å². The van der Waals surface area contributed by atoms with Crippen LogP contribution in [0.2, 0.25) is 0 Å². The van der Waals surface area contributed by atoms with Gasteiger partial charge in [0, 0.05) is 68.9 Å². The molecule has 9 nitrogen and oxygen atoms in total. The van der Waals surface area contributed by atoms with Crippen molar-refractivity contribution in [3.63, 3.8) is 0 Å². The summed E-state index contributed by atoms with van der Waals surface area (Å²) in [4.78, 5) is 29.6. The number of carbonyl (C=O) groups excluding carboxylic acids is 1. The first-order chi connectivity index (χ1) is 14.5. The predicted octanol–water partition coefficient (Wildman–Crippen LogP) is 2.15. The predicted molar refractivity (Wildman–Crippen MR) is 107 cm³/mol. The second-order valence-electron chi connectivity index (χ2n) is 7.84. The number of amides is 1. The number of imidazole rings is 1. The van der Waals surface area contributed by atoms with Crippen LogP contribution in [0.15, 0.2) is 24.5 Å². The lowest BCUT2D eigenvalue weighted by molar-refractivity contribution is -0.129. The number of aromatic nitrogens is 4. The number of hydrogen-bond acceptors (Lipinski definition) is 5. The van der Waals surface area contributed by atoms with E-state index < -0.39 is 5.97 Å². The fourth-order valence-electron chi connectivity index (χ4n) is 4.46. The molecule has 0 saturated carbocycles. The van der Waals surface area contributed by atoms with Crippen molar-refractivity contribution < 1.29 is 19.4 Å². The van der Waals surface area contributed by atoms with Crippen LogP contribution in [0.25, 0.3) is 16.9 Å². The fourth-order valence-corrected chi connectivity index (χ4v) is 4.46. The first-order valence-electron chi connectivity index (χ1n) is 10.2. The first-order valence-corrected chi connectivity index (χ1v) is 10.2. The van der Waals surface area contributed by atoms with Crippen molar-refractivity contribution in [1.29, 1.82) is 0 Å². The maximum absolute atomic E-state index is 12.1. The fraction of sp³-hybridized carbons (Fsp3) is 0.429. The summed E-state index contributed by atoms with van der Waals surface area (Å²) in [5, 5.41) is 14.4. The lowest BCUT2D eigenvalue weighted by Gasteiger charge is -2.29. The van der Waals surface area contributed by atoms with Gasteiger partial charge < -0.3 is 19.1 Å². The summed E-state index contributed by atoms with van der Waals surface area (Å²) in [5.74, 6) is -1.03. The number of carboxylic acid groups (broad SMARTS) is 1. The third kappa shape index (κ3) is 3.06. The minimum Gasteiger partial charge on any atom is -0.476 e. The van der Waals surface area contributed by atoms with E-state index in [1.54, 1.807) is 17.5 Å². The summed E-state index contributed by atoms with van der Waals surface area (Å²) in [7, 11) is 0. The SMILES string of the molecule is CC(=O)N1CCc2c(c(-c3cccn4cc(C(=O)O)nc34)nn2C2CCOCC2)C1. The second kappa shape index (κ2) is 7.24. The average molecular weight is 409 g/mol. The number of aromatic carboxylic acids is 1. The zero-order valence-corrected chi connectivity index (χ0v) is 16.7. The molecule has 3 aromatic heterocycles. The molecule has 2 aliphatic rings. The lowest BCUT2D eigenvalue weighted by atomic mass is 10.0. The maximum atomic E-state index is 12.1. The number of fused-ring (bicyclic) bond motifs is 2. The molecule has 0 aliphatic carbocycles. The summed E-state index contributed by atoms with van der Waals surface area (Å²) in [6.45, 7) is 4.18. The molecular weight excluding hydrogens is 386 g/mol. The summed E-state index contributed by atoms with van der Waals surface area (Å²) >= 11 is 0. The number of carbonyl (C=O) groups is 2. The molecule has 9 heteroatoms. The zero-order valence-electron chi connectivity index (χ0n) is 16.7. The van der Waals surface area contributed by atoms with Crippen LogP contribution in [0.4, 0.5) is 0 Å². The van der Waals surface area contributed by atoms with Crippen molar-refractivity contribution in [1.82, 2.24) is 24.1 Å². The van der Waals surface area contributed by atoms with Gasteiger partial charge in [-0.3, -0.25) is 9.48 Å². The molecule has 0 spiro atoms. The molecule has 1 fully saturated rings. The topological polar surface area (TPSA) is 102 Å². The Balaban J connectivity index is 1.68. The summed E-state index contributed by atoms with van der Waals surface area (Å²) in [5.41, 5.74) is 4.27. The maximum Gasteiger partial charge on any atom is 0.356 e. The van der Waals surface area contributed by atoms with Gasteiger partial charge in [-0.1, -0.05) is 0 Å². The Bertz CT molecular complexity index is 1140. The van der Waals surface area contributed by atoms with Gasteiger partial charge in [0.15, 0.2) is 5.69 Å². The van der Waals surface area contributed by atoms with Gasteiger partial charge in [-0.05, 0) is 25.0 Å². The highest BCUT2D eigenvalue weighted by molar-refractivity contribution is 5.88. The standard InChI is InChI=1S/C21H23N5O4/c1-13(27)24-8-4-18-16(11-24)19(23-26(18)14-5-9-30-10-6-14)15-3-2-7-25-12-17(21(28)29)22-20(15)25/h2-3,7,12,14H,4-6,8-11H2,1H3,(H,28,29). The van der Waals surface area contributed by atoms with Crippen molar-refractivity contribution in [3.05, 3.63) is 41.5 Å². The molecule has 156 valence electrons. The molecule has 1 saturated heterocycles. The molecule has 30 heavy (non-hydrogen) atoms. The van der Waals surface area contributed by atoms with Gasteiger partial charge in [-0.25, -0.2) is 9.78 Å². The van der Waals surface area contributed by atoms with E-state index in [1.165, 1.54) is 6.20 Å². The summed E-state index contributed by atoms with van der Waals surface area (Å²) < 4.78 is 9.36. The lowest BCUT2D eigenvalue weighted by Crippen LogP contribution is -2.35. The molecular formula is C21H23N5O4. The van der Waals surface area contributed by atoms with Crippen LogP contribution in [-0.2, 0) is 22.5 Å². The smallest absolute Gasteiger partial charge is 0.356 e. The highest BCUT2D eigenvalue weighted by Gasteiger charge is 2.31. The number of nitrogens with zero attached hydrogens (tertiary/aromatic N) is 5. The van der Waals surface area contributed by atoms with Gasteiger partial charge in [-0.15, -0.1) is 0 Å². The minimum absolute atomic E-state index is 0.00876. The zero-order chi connectivity index (χ0) is 20.8. The van der Waals surface area contributed by atoms with E-state index in [9.17, 15) is 14.7 Å². The van der Waals surface area contributed by atoms with Crippen LogP contribution in [0.3, 0.4) is 0 Å². The Morgan fingerprint density at radius 3 is 2.80 bits per heavy atom. The molecule has 2 aliphatic heterocycles. The molecule has 0 aromatic carbocycles. The van der Waals surface area contributed by atoms with Gasteiger partial charge in [0.05, 0.1) is 6.04 Å². The van der Waals surface area contributed by atoms with E-state index in [1.807, 2.05) is 17.0 Å². The highest BCUT2D eigenvalue weighted by atomic mass is 16.5. The van der Waals surface area contributed by atoms with E-state index in [0.29, 0.717) is 32.0 Å². The Kier molecular flexibility index (Phi) is 4.54. The van der Waals surface area contributed by atoms with Crippen LogP contribution in [-0.4, -0.2) is 60.8 Å². The van der Waals surface area contributed by atoms with Crippen molar-refractivity contribution in [2.24, 2.45) is 0 Å². The molecule has 0 atom stereocenters. The summed E-state index contributed by atoms with van der Waals surface area (Å²) in [6.07, 6.45) is 5.84. The first kappa shape index (κ1) is 18.8. The third-order valence-electron chi connectivity index (χ3n) is 6.02. The Hall–Kier alpha value is -3.20. The molecule has 1 N–H and O–H groups in total. The van der Waals surface area contributed by atoms with E-state index in [0.717, 1.165) is 41.8 Å². The van der Waals surface area contributed by atoms with Gasteiger partial charge >= 0.3 is 5.97 Å². The Morgan fingerprint density at radius 1 is 1.27 bits per heavy atom. The van der Waals surface area contributed by atoms with Crippen LogP contribution in [0, 0.1) is 0 Å². The van der Waals surface area contributed by atoms with Crippen molar-refractivity contribution in [2.45, 2.75) is 38.8 Å². The van der Waals surface area contributed by atoms with Gasteiger partial charge in [0.1, 0.15) is 11.3 Å². The van der Waals surface area contributed by atoms with Crippen LogP contribution >= 0.6 is 0 Å². The van der Waals surface area contributed by atoms with E-state index >= 15 is 0 Å². The van der Waals surface area contributed by atoms with Gasteiger partial charge in [0.2, 0.25) is 5.91 Å². The van der Waals surface area contributed by atoms with Crippen LogP contribution in [0.5, 0.6) is 0 Å². The molecule has 3 aromatic rings. The van der Waals surface area contributed by atoms with Crippen LogP contribution < -0.4 is 0 Å². The Morgan fingerprint density at radius 2 is 2.07 bits per heavy atom. The van der Waals surface area contributed by atoms with Crippen molar-refractivity contribution in [2.75, 3.05) is 19.8 Å². The quantitative estimate of drug-likeness (QED) is 0.711.